The number of pyridine rings is 1. The Balaban J connectivity index is 1.61. The second kappa shape index (κ2) is 12.0. The van der Waals surface area contributed by atoms with E-state index in [1.165, 1.54) is 18.2 Å². The third-order valence-corrected chi connectivity index (χ3v) is 7.14. The molecule has 1 aliphatic carbocycles. The maximum Gasteiger partial charge on any atom is 0.317 e. The van der Waals surface area contributed by atoms with E-state index in [-0.39, 0.29) is 30.7 Å². The van der Waals surface area contributed by atoms with Gasteiger partial charge in [-0.2, -0.15) is 0 Å². The van der Waals surface area contributed by atoms with E-state index in [1.54, 1.807) is 23.2 Å². The Morgan fingerprint density at radius 1 is 1.27 bits per heavy atom. The molecule has 2 amide bonds. The van der Waals surface area contributed by atoms with Gasteiger partial charge >= 0.3 is 5.97 Å². The molecule has 2 heterocycles. The van der Waals surface area contributed by atoms with Gasteiger partial charge in [-0.3, -0.25) is 30.1 Å². The van der Waals surface area contributed by atoms with Crippen molar-refractivity contribution in [3.8, 4) is 0 Å². The van der Waals surface area contributed by atoms with Crippen molar-refractivity contribution in [2.24, 2.45) is 11.7 Å². The number of nitrogens with one attached hydrogen (secondary N) is 3. The summed E-state index contributed by atoms with van der Waals surface area (Å²) < 4.78 is 0. The van der Waals surface area contributed by atoms with Crippen molar-refractivity contribution in [2.75, 3.05) is 18.2 Å². The molecule has 0 bridgehead atoms. The number of nitrogen functional groups attached to an aromatic ring is 1. The second-order valence-electron chi connectivity index (χ2n) is 8.57. The predicted octanol–water partition coefficient (Wildman–Crippen LogP) is 0.897. The summed E-state index contributed by atoms with van der Waals surface area (Å²) in [5.74, 6) is -0.302. The highest BCUT2D eigenvalue weighted by Crippen LogP contribution is 2.29. The zero-order chi connectivity index (χ0) is 23.8. The fraction of sp³-hybridized carbons (Fsp3) is 0.591. The number of hydrogen-bond acceptors (Lipinski definition) is 7. The van der Waals surface area contributed by atoms with E-state index in [1.807, 2.05) is 0 Å². The Bertz CT molecular complexity index is 859. The van der Waals surface area contributed by atoms with Crippen LogP contribution < -0.4 is 16.4 Å². The van der Waals surface area contributed by atoms with Crippen molar-refractivity contribution in [1.29, 1.82) is 5.41 Å². The third-order valence-electron chi connectivity index (χ3n) is 6.13. The molecule has 33 heavy (non-hydrogen) atoms. The maximum atomic E-state index is 13.4. The lowest BCUT2D eigenvalue weighted by Gasteiger charge is -2.31. The molecule has 0 aromatic carbocycles. The predicted molar refractivity (Wildman–Crippen MR) is 126 cm³/mol. The lowest BCUT2D eigenvalue weighted by Crippen LogP contribution is -2.54. The number of carbonyl (C=O) groups is 3. The van der Waals surface area contributed by atoms with Crippen LogP contribution in [0.4, 0.5) is 0 Å². The number of nitrogens with zero attached hydrogens (tertiary/aromatic N) is 2. The number of nitrogens with two attached hydrogens (primary N) is 1. The van der Waals surface area contributed by atoms with Crippen LogP contribution in [0.5, 0.6) is 0 Å². The summed E-state index contributed by atoms with van der Waals surface area (Å²) in [4.78, 5) is 43.0. The standard InChI is InChI=1S/C22H32N6O4S/c23-20(24)16-7-6-15(9-25-16)10-27-21(31)18-12-33-13-28(18)22(32)17(26-11-19(29)30)8-14-4-2-1-3-5-14/h6-7,9,14,17-18,26H,1-5,8,10-13H2,(H3,23,24)(H,27,31)(H,29,30)/t17-,18+/m1/s1. The summed E-state index contributed by atoms with van der Waals surface area (Å²) in [6.45, 7) is -0.0415. The summed E-state index contributed by atoms with van der Waals surface area (Å²) in [6, 6.07) is 2.15. The van der Waals surface area contributed by atoms with Crippen LogP contribution in [0.3, 0.4) is 0 Å². The van der Waals surface area contributed by atoms with E-state index in [9.17, 15) is 14.4 Å². The molecule has 0 unspecified atom stereocenters. The molecule has 2 atom stereocenters. The Morgan fingerprint density at radius 2 is 2.03 bits per heavy atom. The highest BCUT2D eigenvalue weighted by atomic mass is 32.2. The number of carboxylic acid groups (broad SMARTS) is 1. The number of rotatable bonds is 10. The second-order valence-corrected chi connectivity index (χ2v) is 9.57. The lowest BCUT2D eigenvalue weighted by molar-refractivity contribution is -0.141. The van der Waals surface area contributed by atoms with Gasteiger partial charge in [0.2, 0.25) is 11.8 Å². The molecule has 0 radical (unpaired) electrons. The first-order valence-electron chi connectivity index (χ1n) is 11.3. The minimum atomic E-state index is -1.01. The first-order valence-corrected chi connectivity index (χ1v) is 12.4. The molecule has 1 saturated heterocycles. The van der Waals surface area contributed by atoms with Gasteiger partial charge in [0.1, 0.15) is 17.6 Å². The summed E-state index contributed by atoms with van der Waals surface area (Å²) in [5, 5.41) is 22.3. The van der Waals surface area contributed by atoms with Crippen LogP contribution in [0.25, 0.3) is 0 Å². The molecule has 10 nitrogen and oxygen atoms in total. The van der Waals surface area contributed by atoms with Crippen molar-refractivity contribution in [2.45, 2.75) is 57.2 Å². The Kier molecular flexibility index (Phi) is 9.07. The molecular formula is C22H32N6O4S. The number of aromatic nitrogens is 1. The van der Waals surface area contributed by atoms with E-state index in [0.29, 0.717) is 29.7 Å². The van der Waals surface area contributed by atoms with Crippen LogP contribution in [0.1, 0.15) is 49.8 Å². The fourth-order valence-electron chi connectivity index (χ4n) is 4.31. The average molecular weight is 477 g/mol. The normalized spacial score (nSPS) is 19.8. The minimum absolute atomic E-state index is 0.123. The molecule has 2 fully saturated rings. The van der Waals surface area contributed by atoms with Crippen molar-refractivity contribution in [3.63, 3.8) is 0 Å². The van der Waals surface area contributed by atoms with Crippen LogP contribution in [-0.4, -0.2) is 68.9 Å². The van der Waals surface area contributed by atoms with Crippen molar-refractivity contribution in [3.05, 3.63) is 29.6 Å². The lowest BCUT2D eigenvalue weighted by atomic mass is 9.84. The summed E-state index contributed by atoms with van der Waals surface area (Å²) in [5.41, 5.74) is 6.53. The van der Waals surface area contributed by atoms with Crippen molar-refractivity contribution in [1.82, 2.24) is 20.5 Å². The molecule has 1 aromatic heterocycles. The molecule has 180 valence electrons. The largest absolute Gasteiger partial charge is 0.480 e. The maximum absolute atomic E-state index is 13.4. The summed E-state index contributed by atoms with van der Waals surface area (Å²) in [6.07, 6.45) is 7.72. The number of carboxylic acids is 1. The summed E-state index contributed by atoms with van der Waals surface area (Å²) in [7, 11) is 0. The molecule has 3 rings (SSSR count). The van der Waals surface area contributed by atoms with Gasteiger partial charge in [-0.05, 0) is 24.0 Å². The monoisotopic (exact) mass is 476 g/mol. The molecule has 1 aliphatic heterocycles. The van der Waals surface area contributed by atoms with Gasteiger partial charge in [-0.1, -0.05) is 38.2 Å². The third kappa shape index (κ3) is 7.16. The number of amides is 2. The van der Waals surface area contributed by atoms with Gasteiger partial charge in [-0.25, -0.2) is 0 Å². The number of carbonyl (C=O) groups excluding carboxylic acids is 2. The topological polar surface area (TPSA) is 162 Å². The van der Waals surface area contributed by atoms with Gasteiger partial charge in [0, 0.05) is 18.5 Å². The van der Waals surface area contributed by atoms with E-state index >= 15 is 0 Å². The molecule has 1 aromatic rings. The van der Waals surface area contributed by atoms with Gasteiger partial charge in [0.05, 0.1) is 18.5 Å². The highest BCUT2D eigenvalue weighted by molar-refractivity contribution is 7.99. The quantitative estimate of drug-likeness (QED) is 0.246. The fourth-order valence-corrected chi connectivity index (χ4v) is 5.47. The van der Waals surface area contributed by atoms with Crippen molar-refractivity contribution < 1.29 is 19.5 Å². The summed E-state index contributed by atoms with van der Waals surface area (Å²) >= 11 is 1.51. The zero-order valence-electron chi connectivity index (χ0n) is 18.6. The molecule has 11 heteroatoms. The van der Waals surface area contributed by atoms with Gasteiger partial charge in [0.15, 0.2) is 0 Å². The first-order chi connectivity index (χ1) is 15.8. The SMILES string of the molecule is N=C(N)c1ccc(CNC(=O)[C@@H]2CSCN2C(=O)[C@@H](CC2CCCCC2)NCC(=O)O)cn1. The number of aliphatic carboxylic acids is 1. The molecule has 1 saturated carbocycles. The molecule has 0 spiro atoms. The Morgan fingerprint density at radius 3 is 2.67 bits per heavy atom. The van der Waals surface area contributed by atoms with Crippen molar-refractivity contribution >= 4 is 35.4 Å². The van der Waals surface area contributed by atoms with Gasteiger partial charge in [-0.15, -0.1) is 11.8 Å². The van der Waals surface area contributed by atoms with Crippen LogP contribution in [0, 0.1) is 11.3 Å². The Hall–Kier alpha value is -2.66. The van der Waals surface area contributed by atoms with Gasteiger partial charge < -0.3 is 21.1 Å². The molecular weight excluding hydrogens is 444 g/mol. The van der Waals surface area contributed by atoms with Crippen LogP contribution in [0.15, 0.2) is 18.3 Å². The van der Waals surface area contributed by atoms with Crippen LogP contribution >= 0.6 is 11.8 Å². The van der Waals surface area contributed by atoms with Crippen LogP contribution in [0.2, 0.25) is 0 Å². The van der Waals surface area contributed by atoms with Crippen LogP contribution in [-0.2, 0) is 20.9 Å². The minimum Gasteiger partial charge on any atom is -0.480 e. The first kappa shape index (κ1) is 25.0. The van der Waals surface area contributed by atoms with E-state index in [2.05, 4.69) is 15.6 Å². The molecule has 6 N–H and O–H groups in total. The molecule has 2 aliphatic rings. The Labute approximate surface area is 197 Å². The number of amidine groups is 1. The van der Waals surface area contributed by atoms with E-state index in [0.717, 1.165) is 31.2 Å². The number of hydrogen-bond donors (Lipinski definition) is 5. The number of thioether (sulfide) groups is 1. The van der Waals surface area contributed by atoms with E-state index in [4.69, 9.17) is 16.2 Å². The highest BCUT2D eigenvalue weighted by Gasteiger charge is 2.38. The zero-order valence-corrected chi connectivity index (χ0v) is 19.4. The average Bonchev–Trinajstić information content (AvgIpc) is 3.30. The van der Waals surface area contributed by atoms with E-state index < -0.39 is 18.1 Å². The smallest absolute Gasteiger partial charge is 0.317 e. The van der Waals surface area contributed by atoms with Gasteiger partial charge in [0.25, 0.3) is 0 Å².